The molecule has 2 saturated heterocycles. The second kappa shape index (κ2) is 10.5. The van der Waals surface area contributed by atoms with Crippen LogP contribution in [0.5, 0.6) is 0 Å². The summed E-state index contributed by atoms with van der Waals surface area (Å²) in [6, 6.07) is 7.17. The molecule has 0 radical (unpaired) electrons. The van der Waals surface area contributed by atoms with E-state index in [1.165, 1.54) is 12.0 Å². The van der Waals surface area contributed by atoms with E-state index in [9.17, 15) is 14.4 Å². The van der Waals surface area contributed by atoms with E-state index in [2.05, 4.69) is 45.3 Å². The Bertz CT molecular complexity index is 1100. The number of ether oxygens (including phenoxy) is 1. The van der Waals surface area contributed by atoms with Gasteiger partial charge in [0.2, 0.25) is 17.7 Å². The van der Waals surface area contributed by atoms with Crippen LogP contribution in [0.25, 0.3) is 0 Å². The van der Waals surface area contributed by atoms with Crippen LogP contribution >= 0.6 is 0 Å². The Kier molecular flexibility index (Phi) is 7.42. The third kappa shape index (κ3) is 4.67. The molecular weight excluding hydrogens is 478 g/mol. The van der Waals surface area contributed by atoms with E-state index in [0.29, 0.717) is 30.0 Å². The van der Waals surface area contributed by atoms with Gasteiger partial charge < -0.3 is 20.3 Å². The van der Waals surface area contributed by atoms with Crippen LogP contribution in [-0.4, -0.2) is 53.0 Å². The second-order valence-electron chi connectivity index (χ2n) is 12.6. The number of amides is 3. The van der Waals surface area contributed by atoms with Gasteiger partial charge >= 0.3 is 0 Å². The van der Waals surface area contributed by atoms with E-state index in [1.54, 1.807) is 4.90 Å². The molecule has 38 heavy (non-hydrogen) atoms. The number of nitrogens with zero attached hydrogens (tertiary/aromatic N) is 1. The summed E-state index contributed by atoms with van der Waals surface area (Å²) in [7, 11) is 0. The molecule has 1 saturated carbocycles. The van der Waals surface area contributed by atoms with Crippen LogP contribution in [0.4, 0.5) is 5.69 Å². The minimum Gasteiger partial charge on any atom is -0.359 e. The second-order valence-corrected chi connectivity index (χ2v) is 12.6. The first-order valence-corrected chi connectivity index (χ1v) is 14.5. The largest absolute Gasteiger partial charge is 0.359 e. The molecule has 206 valence electrons. The monoisotopic (exact) mass is 521 g/mol. The lowest BCUT2D eigenvalue weighted by Gasteiger charge is -2.36. The third-order valence-corrected chi connectivity index (χ3v) is 9.16. The van der Waals surface area contributed by atoms with Gasteiger partial charge in [-0.3, -0.25) is 14.4 Å². The zero-order chi connectivity index (χ0) is 27.2. The van der Waals surface area contributed by atoms with Crippen molar-refractivity contribution < 1.29 is 19.1 Å². The van der Waals surface area contributed by atoms with Crippen molar-refractivity contribution in [1.29, 1.82) is 0 Å². The highest BCUT2D eigenvalue weighted by Crippen LogP contribution is 2.55. The average Bonchev–Trinajstić information content (AvgIpc) is 3.51. The van der Waals surface area contributed by atoms with Crippen LogP contribution in [-0.2, 0) is 19.1 Å². The number of anilines is 1. The molecule has 7 atom stereocenters. The molecule has 0 aromatic heterocycles. The molecule has 7 nitrogen and oxygen atoms in total. The molecule has 1 spiro atoms. The molecule has 5 rings (SSSR count). The number of benzene rings is 1. The van der Waals surface area contributed by atoms with Gasteiger partial charge in [-0.25, -0.2) is 0 Å². The van der Waals surface area contributed by atoms with Crippen LogP contribution in [0.15, 0.2) is 36.4 Å². The maximum atomic E-state index is 14.0. The highest BCUT2D eigenvalue weighted by Gasteiger charge is 2.72. The molecule has 2 N–H and O–H groups in total. The fraction of sp³-hybridized carbons (Fsp3) is 0.645. The van der Waals surface area contributed by atoms with Crippen molar-refractivity contribution in [1.82, 2.24) is 10.2 Å². The van der Waals surface area contributed by atoms with Gasteiger partial charge in [0.25, 0.3) is 0 Å². The average molecular weight is 522 g/mol. The molecule has 7 heteroatoms. The number of likely N-dealkylation sites (tertiary alicyclic amines) is 1. The van der Waals surface area contributed by atoms with E-state index in [1.807, 2.05) is 36.4 Å². The molecule has 1 aromatic rings. The maximum absolute atomic E-state index is 14.0. The van der Waals surface area contributed by atoms with E-state index in [4.69, 9.17) is 4.74 Å². The van der Waals surface area contributed by atoms with Gasteiger partial charge in [0.1, 0.15) is 11.6 Å². The summed E-state index contributed by atoms with van der Waals surface area (Å²) in [5.41, 5.74) is 0.786. The summed E-state index contributed by atoms with van der Waals surface area (Å²) in [5, 5.41) is 6.31. The van der Waals surface area contributed by atoms with Crippen molar-refractivity contribution in [3.05, 3.63) is 42.0 Å². The van der Waals surface area contributed by atoms with Gasteiger partial charge in [-0.2, -0.15) is 0 Å². The first-order valence-electron chi connectivity index (χ1n) is 14.5. The molecule has 4 aliphatic rings. The number of carbonyl (C=O) groups is 3. The van der Waals surface area contributed by atoms with Crippen LogP contribution in [0.1, 0.15) is 78.2 Å². The molecule has 3 heterocycles. The highest BCUT2D eigenvalue weighted by atomic mass is 16.5. The van der Waals surface area contributed by atoms with Crippen LogP contribution in [0, 0.1) is 23.7 Å². The summed E-state index contributed by atoms with van der Waals surface area (Å²) >= 11 is 0. The highest BCUT2D eigenvalue weighted by molar-refractivity contribution is 6.02. The lowest BCUT2D eigenvalue weighted by atomic mass is 9.74. The predicted molar refractivity (Wildman–Crippen MR) is 147 cm³/mol. The van der Waals surface area contributed by atoms with E-state index < -0.39 is 29.6 Å². The summed E-state index contributed by atoms with van der Waals surface area (Å²) in [5.74, 6) is -0.741. The van der Waals surface area contributed by atoms with Crippen LogP contribution < -0.4 is 10.6 Å². The normalized spacial score (nSPS) is 33.8. The predicted octanol–water partition coefficient (Wildman–Crippen LogP) is 4.64. The van der Waals surface area contributed by atoms with Gasteiger partial charge in [-0.1, -0.05) is 71.7 Å². The molecule has 3 fully saturated rings. The Morgan fingerprint density at radius 1 is 1.08 bits per heavy atom. The topological polar surface area (TPSA) is 87.7 Å². The molecule has 2 bridgehead atoms. The van der Waals surface area contributed by atoms with Gasteiger partial charge in [-0.15, -0.1) is 0 Å². The minimum atomic E-state index is -1.11. The van der Waals surface area contributed by atoms with Gasteiger partial charge in [0, 0.05) is 18.3 Å². The summed E-state index contributed by atoms with van der Waals surface area (Å²) in [6.07, 6.45) is 8.37. The molecular formula is C31H43N3O4. The van der Waals surface area contributed by atoms with Crippen LogP contribution in [0.3, 0.4) is 0 Å². The number of hydrogen-bond donors (Lipinski definition) is 2. The number of nitrogens with one attached hydrogen (secondary N) is 2. The lowest BCUT2D eigenvalue weighted by Crippen LogP contribution is -2.57. The van der Waals surface area contributed by atoms with Crippen LogP contribution in [0.2, 0.25) is 0 Å². The lowest BCUT2D eigenvalue weighted by molar-refractivity contribution is -0.141. The molecule has 7 unspecified atom stereocenters. The molecule has 3 aliphatic heterocycles. The van der Waals surface area contributed by atoms with Crippen molar-refractivity contribution in [3.8, 4) is 0 Å². The standard InChI is InChI=1S/C31H43N3O4/c1-18(2)15-17-34-27(29(36)33-23-9-7-6-8-20(23)5)31-16-14-24(38-31)25(26(31)30(34)37)28(35)32-22-12-10-21(11-13-22)19(3)4/h10-14,16,18-20,23-27H,6-9,15,17H2,1-5H3,(H,32,35)(H,33,36). The maximum Gasteiger partial charge on any atom is 0.246 e. The Balaban J connectivity index is 1.41. The summed E-state index contributed by atoms with van der Waals surface area (Å²) in [4.78, 5) is 43.2. The fourth-order valence-electron chi connectivity index (χ4n) is 6.87. The van der Waals surface area contributed by atoms with Crippen molar-refractivity contribution >= 4 is 23.4 Å². The Morgan fingerprint density at radius 3 is 2.45 bits per heavy atom. The van der Waals surface area contributed by atoms with Gasteiger partial charge in [0.15, 0.2) is 0 Å². The van der Waals surface area contributed by atoms with Gasteiger partial charge in [0.05, 0.1) is 17.9 Å². The van der Waals surface area contributed by atoms with E-state index >= 15 is 0 Å². The molecule has 1 aliphatic carbocycles. The number of carbonyl (C=O) groups excluding carboxylic acids is 3. The first-order chi connectivity index (χ1) is 18.1. The fourth-order valence-corrected chi connectivity index (χ4v) is 6.87. The van der Waals surface area contributed by atoms with E-state index in [-0.39, 0.29) is 23.8 Å². The smallest absolute Gasteiger partial charge is 0.246 e. The molecule has 3 amide bonds. The summed E-state index contributed by atoms with van der Waals surface area (Å²) in [6.45, 7) is 11.1. The molecule has 1 aromatic carbocycles. The zero-order valence-corrected chi connectivity index (χ0v) is 23.4. The van der Waals surface area contributed by atoms with Crippen molar-refractivity contribution in [2.45, 2.75) is 96.4 Å². The first kappa shape index (κ1) is 26.9. The van der Waals surface area contributed by atoms with Crippen molar-refractivity contribution in [3.63, 3.8) is 0 Å². The Hall–Kier alpha value is -2.67. The Labute approximate surface area is 226 Å². The zero-order valence-electron chi connectivity index (χ0n) is 23.4. The van der Waals surface area contributed by atoms with Crippen molar-refractivity contribution in [2.24, 2.45) is 23.7 Å². The minimum absolute atomic E-state index is 0.101. The van der Waals surface area contributed by atoms with E-state index in [0.717, 1.165) is 25.7 Å². The SMILES string of the molecule is CC(C)CCN1C(=O)C2C(C(=O)Nc3ccc(C(C)C)cc3)C3C=CC2(O3)C1C(=O)NC1CCCCC1C. The van der Waals surface area contributed by atoms with Crippen molar-refractivity contribution in [2.75, 3.05) is 11.9 Å². The Morgan fingerprint density at radius 2 is 1.79 bits per heavy atom. The number of fused-ring (bicyclic) bond motifs is 1. The third-order valence-electron chi connectivity index (χ3n) is 9.16. The quantitative estimate of drug-likeness (QED) is 0.488. The van der Waals surface area contributed by atoms with Gasteiger partial charge in [-0.05, 0) is 54.7 Å². The number of rotatable bonds is 8. The summed E-state index contributed by atoms with van der Waals surface area (Å²) < 4.78 is 6.47. The number of hydrogen-bond acceptors (Lipinski definition) is 4.